The third-order valence-electron chi connectivity index (χ3n) is 4.75. The quantitative estimate of drug-likeness (QED) is 0.502. The van der Waals surface area contributed by atoms with Gasteiger partial charge >= 0.3 is 0 Å². The van der Waals surface area contributed by atoms with Crippen molar-refractivity contribution in [2.75, 3.05) is 26.1 Å². The monoisotopic (exact) mass is 457 g/mol. The zero-order valence-electron chi connectivity index (χ0n) is 18.7. The summed E-state index contributed by atoms with van der Waals surface area (Å²) in [5.74, 6) is 0.837. The van der Waals surface area contributed by atoms with Crippen molar-refractivity contribution in [2.24, 2.45) is 5.92 Å². The molecule has 0 bridgehead atoms. The summed E-state index contributed by atoms with van der Waals surface area (Å²) < 4.78 is 16.9. The number of hydrogen-bond donors (Lipinski definition) is 2. The number of nitrogens with one attached hydrogen (secondary N) is 2. The highest BCUT2D eigenvalue weighted by atomic mass is 32.1. The number of carbonyl (C=O) groups excluding carboxylic acids is 2. The molecule has 0 spiro atoms. The molecule has 0 radical (unpaired) electrons. The Hall–Kier alpha value is -3.33. The Balaban J connectivity index is 1.76. The van der Waals surface area contributed by atoms with Crippen molar-refractivity contribution in [3.05, 3.63) is 42.0 Å². The molecule has 0 aliphatic heterocycles. The van der Waals surface area contributed by atoms with Gasteiger partial charge < -0.3 is 24.8 Å². The fraction of sp³-hybridized carbons (Fsp3) is 0.348. The fourth-order valence-corrected chi connectivity index (χ4v) is 3.99. The summed E-state index contributed by atoms with van der Waals surface area (Å²) >= 11 is 1.35. The Morgan fingerprint density at radius 3 is 2.31 bits per heavy atom. The molecule has 3 aromatic rings. The molecule has 2 amide bonds. The Morgan fingerprint density at radius 1 is 1.03 bits per heavy atom. The Morgan fingerprint density at radius 2 is 1.72 bits per heavy atom. The van der Waals surface area contributed by atoms with E-state index in [1.807, 2.05) is 39.0 Å². The number of fused-ring (bicyclic) bond motifs is 1. The maximum atomic E-state index is 13.0. The predicted molar refractivity (Wildman–Crippen MR) is 125 cm³/mol. The average Bonchev–Trinajstić information content (AvgIpc) is 3.18. The molecule has 0 unspecified atom stereocenters. The Labute approximate surface area is 190 Å². The van der Waals surface area contributed by atoms with Crippen molar-refractivity contribution in [2.45, 2.75) is 26.8 Å². The number of carbonyl (C=O) groups is 2. The summed E-state index contributed by atoms with van der Waals surface area (Å²) in [4.78, 5) is 30.3. The van der Waals surface area contributed by atoms with E-state index in [1.54, 1.807) is 18.2 Å². The third kappa shape index (κ3) is 5.47. The minimum Gasteiger partial charge on any atom is -0.497 e. The van der Waals surface area contributed by atoms with Crippen molar-refractivity contribution in [3.8, 4) is 17.2 Å². The molecule has 9 heteroatoms. The number of aromatic nitrogens is 1. The largest absolute Gasteiger partial charge is 0.497 e. The molecule has 0 fully saturated rings. The van der Waals surface area contributed by atoms with Crippen LogP contribution in [0.15, 0.2) is 36.4 Å². The molecule has 0 saturated heterocycles. The van der Waals surface area contributed by atoms with E-state index in [4.69, 9.17) is 14.2 Å². The van der Waals surface area contributed by atoms with Gasteiger partial charge in [-0.05, 0) is 43.2 Å². The smallest absolute Gasteiger partial charge is 0.252 e. The number of nitrogens with zero attached hydrogens (tertiary/aromatic N) is 1. The van der Waals surface area contributed by atoms with Gasteiger partial charge in [-0.15, -0.1) is 0 Å². The van der Waals surface area contributed by atoms with Crippen LogP contribution in [-0.2, 0) is 4.79 Å². The van der Waals surface area contributed by atoms with Gasteiger partial charge in [-0.3, -0.25) is 9.59 Å². The molecule has 0 saturated carbocycles. The molecule has 3 rings (SSSR count). The van der Waals surface area contributed by atoms with Gasteiger partial charge in [0, 0.05) is 11.6 Å². The summed E-state index contributed by atoms with van der Waals surface area (Å²) in [5.41, 5.74) is 1.10. The standard InChI is InChI=1S/C23H27N3O5S/c1-6-31-15-7-8-18-19(12-15)32-23(24-18)26-22(28)20(13(2)3)25-21(27)14-9-16(29-4)11-17(10-14)30-5/h7-13,20H,6H2,1-5H3,(H,25,27)(H,24,26,28)/t20-/m1/s1. The van der Waals surface area contributed by atoms with Crippen LogP contribution in [0.2, 0.25) is 0 Å². The first-order valence-electron chi connectivity index (χ1n) is 10.2. The summed E-state index contributed by atoms with van der Waals surface area (Å²) in [6, 6.07) is 9.69. The van der Waals surface area contributed by atoms with Crippen LogP contribution in [0, 0.1) is 5.92 Å². The molecule has 32 heavy (non-hydrogen) atoms. The number of methoxy groups -OCH3 is 2. The first-order valence-corrected chi connectivity index (χ1v) is 11.0. The second kappa shape index (κ2) is 10.3. The molecule has 1 heterocycles. The van der Waals surface area contributed by atoms with E-state index < -0.39 is 11.9 Å². The summed E-state index contributed by atoms with van der Waals surface area (Å²) in [6.45, 7) is 6.22. The second-order valence-corrected chi connectivity index (χ2v) is 8.40. The van der Waals surface area contributed by atoms with Gasteiger partial charge in [-0.1, -0.05) is 25.2 Å². The van der Waals surface area contributed by atoms with Gasteiger partial charge in [0.1, 0.15) is 23.3 Å². The molecular weight excluding hydrogens is 430 g/mol. The van der Waals surface area contributed by atoms with E-state index >= 15 is 0 Å². The van der Waals surface area contributed by atoms with Gasteiger partial charge in [0.15, 0.2) is 5.13 Å². The van der Waals surface area contributed by atoms with Crippen LogP contribution in [0.1, 0.15) is 31.1 Å². The first-order chi connectivity index (χ1) is 15.3. The molecule has 0 aliphatic carbocycles. The highest BCUT2D eigenvalue weighted by Gasteiger charge is 2.26. The highest BCUT2D eigenvalue weighted by Crippen LogP contribution is 2.29. The maximum Gasteiger partial charge on any atom is 0.252 e. The van der Waals surface area contributed by atoms with Gasteiger partial charge in [-0.2, -0.15) is 0 Å². The minimum absolute atomic E-state index is 0.148. The molecule has 0 aliphatic rings. The molecule has 2 N–H and O–H groups in total. The van der Waals surface area contributed by atoms with E-state index in [2.05, 4.69) is 15.6 Å². The third-order valence-corrected chi connectivity index (χ3v) is 5.68. The fourth-order valence-electron chi connectivity index (χ4n) is 3.10. The van der Waals surface area contributed by atoms with Crippen molar-refractivity contribution in [1.29, 1.82) is 0 Å². The molecule has 170 valence electrons. The number of amides is 2. The number of ether oxygens (including phenoxy) is 3. The lowest BCUT2D eigenvalue weighted by Gasteiger charge is -2.21. The van der Waals surface area contributed by atoms with E-state index in [1.165, 1.54) is 25.6 Å². The van der Waals surface area contributed by atoms with Crippen LogP contribution >= 0.6 is 11.3 Å². The minimum atomic E-state index is -0.759. The Bertz CT molecular complexity index is 1090. The second-order valence-electron chi connectivity index (χ2n) is 7.37. The van der Waals surface area contributed by atoms with Gasteiger partial charge in [0.25, 0.3) is 5.91 Å². The zero-order valence-corrected chi connectivity index (χ0v) is 19.5. The van der Waals surface area contributed by atoms with E-state index in [0.717, 1.165) is 16.0 Å². The SMILES string of the molecule is CCOc1ccc2nc(NC(=O)[C@H](NC(=O)c3cc(OC)cc(OC)c3)C(C)C)sc2c1. The van der Waals surface area contributed by atoms with E-state index in [-0.39, 0.29) is 11.8 Å². The summed E-state index contributed by atoms with van der Waals surface area (Å²) in [5, 5.41) is 6.10. The number of benzene rings is 2. The van der Waals surface area contributed by atoms with Crippen molar-refractivity contribution < 1.29 is 23.8 Å². The van der Waals surface area contributed by atoms with Gasteiger partial charge in [0.05, 0.1) is 31.0 Å². The zero-order chi connectivity index (χ0) is 23.3. The van der Waals surface area contributed by atoms with E-state index in [9.17, 15) is 9.59 Å². The lowest BCUT2D eigenvalue weighted by Crippen LogP contribution is -2.47. The normalized spacial score (nSPS) is 11.8. The molecule has 2 aromatic carbocycles. The molecule has 1 atom stereocenters. The summed E-state index contributed by atoms with van der Waals surface area (Å²) in [7, 11) is 3.02. The van der Waals surface area contributed by atoms with Gasteiger partial charge in [0.2, 0.25) is 5.91 Å². The Kier molecular flexibility index (Phi) is 7.53. The van der Waals surface area contributed by atoms with Crippen LogP contribution in [0.5, 0.6) is 17.2 Å². The van der Waals surface area contributed by atoms with Crippen LogP contribution in [0.3, 0.4) is 0 Å². The average molecular weight is 458 g/mol. The highest BCUT2D eigenvalue weighted by molar-refractivity contribution is 7.22. The van der Waals surface area contributed by atoms with Gasteiger partial charge in [-0.25, -0.2) is 4.98 Å². The van der Waals surface area contributed by atoms with Crippen LogP contribution < -0.4 is 24.8 Å². The molecule has 8 nitrogen and oxygen atoms in total. The van der Waals surface area contributed by atoms with Crippen LogP contribution in [-0.4, -0.2) is 43.7 Å². The summed E-state index contributed by atoms with van der Waals surface area (Å²) in [6.07, 6.45) is 0. The number of rotatable bonds is 9. The maximum absolute atomic E-state index is 13.0. The molecule has 1 aromatic heterocycles. The topological polar surface area (TPSA) is 98.8 Å². The number of anilines is 1. The lowest BCUT2D eigenvalue weighted by molar-refractivity contribution is -0.118. The van der Waals surface area contributed by atoms with Crippen LogP contribution in [0.25, 0.3) is 10.2 Å². The van der Waals surface area contributed by atoms with E-state index in [0.29, 0.717) is 28.8 Å². The lowest BCUT2D eigenvalue weighted by atomic mass is 10.0. The van der Waals surface area contributed by atoms with Crippen LogP contribution in [0.4, 0.5) is 5.13 Å². The van der Waals surface area contributed by atoms with Crippen molar-refractivity contribution >= 4 is 38.5 Å². The first kappa shape index (κ1) is 23.3. The number of hydrogen-bond acceptors (Lipinski definition) is 7. The van der Waals surface area contributed by atoms with Crippen molar-refractivity contribution in [3.63, 3.8) is 0 Å². The number of thiazole rings is 1. The molecular formula is C23H27N3O5S. The predicted octanol–water partition coefficient (Wildman–Crippen LogP) is 4.11. The van der Waals surface area contributed by atoms with Crippen molar-refractivity contribution in [1.82, 2.24) is 10.3 Å².